The van der Waals surface area contributed by atoms with Gasteiger partial charge in [-0.1, -0.05) is 12.1 Å². The molecule has 0 unspecified atom stereocenters. The number of carbonyl (C=O) groups excluding carboxylic acids is 1. The van der Waals surface area contributed by atoms with E-state index < -0.39 is 22.6 Å². The number of nitriles is 1. The number of rotatable bonds is 4. The summed E-state index contributed by atoms with van der Waals surface area (Å²) in [6.07, 6.45) is 2.60. The normalized spacial score (nSPS) is 11.9. The first-order chi connectivity index (χ1) is 17.2. The molecule has 36 heavy (non-hydrogen) atoms. The summed E-state index contributed by atoms with van der Waals surface area (Å²) in [6.45, 7) is 1.39. The van der Waals surface area contributed by atoms with Crippen LogP contribution in [0.4, 0.5) is 0 Å². The van der Waals surface area contributed by atoms with Gasteiger partial charge in [0, 0.05) is 25.5 Å². The summed E-state index contributed by atoms with van der Waals surface area (Å²) in [5.41, 5.74) is 5.81. The standard InChI is InChI=1S/C23H19N9O4/c1-12-13(19(34)20-27-14-6-4-5-7-15(14)32(20)16(12)8-24)9-26-28-17(33)10-31-11-25-18-21(31)29(2)23(36)30(3)22(18)35/h4-7,9,11,26H,10H2,1-3H3,(H,28,33). The van der Waals surface area contributed by atoms with Crippen molar-refractivity contribution in [3.05, 3.63) is 78.1 Å². The average Bonchev–Trinajstić information content (AvgIpc) is 3.46. The molecule has 0 spiro atoms. The van der Waals surface area contributed by atoms with Crippen molar-refractivity contribution in [1.29, 1.82) is 5.26 Å². The summed E-state index contributed by atoms with van der Waals surface area (Å²) in [5, 5.41) is 9.95. The van der Waals surface area contributed by atoms with E-state index in [1.54, 1.807) is 31.2 Å². The van der Waals surface area contributed by atoms with Gasteiger partial charge in [0.25, 0.3) is 11.5 Å². The zero-order valence-electron chi connectivity index (χ0n) is 19.4. The second-order valence-corrected chi connectivity index (χ2v) is 8.18. The fourth-order valence-electron chi connectivity index (χ4n) is 4.24. The van der Waals surface area contributed by atoms with E-state index in [9.17, 15) is 24.4 Å². The van der Waals surface area contributed by atoms with E-state index in [0.717, 1.165) is 4.57 Å². The van der Waals surface area contributed by atoms with Crippen molar-refractivity contribution in [2.24, 2.45) is 14.1 Å². The van der Waals surface area contributed by atoms with Gasteiger partial charge in [-0.25, -0.2) is 14.8 Å². The second-order valence-electron chi connectivity index (χ2n) is 8.18. The highest BCUT2D eigenvalue weighted by Crippen LogP contribution is 2.16. The van der Waals surface area contributed by atoms with Crippen LogP contribution in [0.5, 0.6) is 0 Å². The van der Waals surface area contributed by atoms with Gasteiger partial charge in [-0.2, -0.15) is 5.26 Å². The molecule has 13 nitrogen and oxygen atoms in total. The third-order valence-corrected chi connectivity index (χ3v) is 6.05. The number of aryl methyl sites for hydroxylation is 1. The molecule has 0 aliphatic carbocycles. The number of hydrogen-bond donors (Lipinski definition) is 2. The van der Waals surface area contributed by atoms with Gasteiger partial charge in [0.05, 0.1) is 17.4 Å². The zero-order valence-corrected chi connectivity index (χ0v) is 19.4. The smallest absolute Gasteiger partial charge is 0.307 e. The maximum Gasteiger partial charge on any atom is 0.332 e. The molecule has 1 amide bonds. The molecule has 0 saturated heterocycles. The molecule has 2 N–H and O–H groups in total. The van der Waals surface area contributed by atoms with Crippen molar-refractivity contribution < 1.29 is 4.79 Å². The Labute approximate surface area is 201 Å². The summed E-state index contributed by atoms with van der Waals surface area (Å²) in [5.74, 6) is -0.531. The number of hydrazine groups is 1. The van der Waals surface area contributed by atoms with Crippen LogP contribution in [0.2, 0.25) is 0 Å². The van der Waals surface area contributed by atoms with Gasteiger partial charge in [-0.15, -0.1) is 0 Å². The van der Waals surface area contributed by atoms with Crippen LogP contribution in [-0.2, 0) is 25.4 Å². The monoisotopic (exact) mass is 485 g/mol. The second kappa shape index (κ2) is 8.20. The zero-order chi connectivity index (χ0) is 25.7. The Bertz CT molecular complexity index is 2000. The molecule has 0 saturated carbocycles. The number of nitrogens with zero attached hydrogens (tertiary/aromatic N) is 7. The molecular weight excluding hydrogens is 466 g/mol. The Morgan fingerprint density at radius 3 is 2.67 bits per heavy atom. The highest BCUT2D eigenvalue weighted by atomic mass is 16.2. The molecular formula is C23H19N9O4. The van der Waals surface area contributed by atoms with Crippen LogP contribution in [0.25, 0.3) is 34.0 Å². The van der Waals surface area contributed by atoms with Gasteiger partial charge in [0.2, 0.25) is 5.43 Å². The number of carbonyl (C=O) groups is 1. The summed E-state index contributed by atoms with van der Waals surface area (Å²) in [4.78, 5) is 58.6. The first-order valence-corrected chi connectivity index (χ1v) is 10.7. The third kappa shape index (κ3) is 3.23. The third-order valence-electron chi connectivity index (χ3n) is 6.05. The lowest BCUT2D eigenvalue weighted by atomic mass is 10.1. The highest BCUT2D eigenvalue weighted by Gasteiger charge is 2.17. The van der Waals surface area contributed by atoms with Crippen LogP contribution in [-0.4, -0.2) is 34.0 Å². The number of benzene rings is 1. The molecule has 1 aromatic carbocycles. The van der Waals surface area contributed by atoms with Crippen molar-refractivity contribution >= 4 is 40.0 Å². The first-order valence-electron chi connectivity index (χ1n) is 10.7. The number of para-hydroxylation sites is 2. The molecule has 4 aromatic heterocycles. The fourth-order valence-corrected chi connectivity index (χ4v) is 4.24. The molecule has 0 atom stereocenters. The predicted octanol–water partition coefficient (Wildman–Crippen LogP) is -1.45. The number of imidazole rings is 2. The summed E-state index contributed by atoms with van der Waals surface area (Å²) in [7, 11) is 2.83. The number of hydrogen-bond acceptors (Lipinski definition) is 8. The van der Waals surface area contributed by atoms with E-state index in [0.29, 0.717) is 16.6 Å². The molecule has 0 radical (unpaired) electrons. The molecule has 0 aliphatic rings. The van der Waals surface area contributed by atoms with Gasteiger partial charge in [0.15, 0.2) is 11.2 Å². The maximum absolute atomic E-state index is 13.1. The van der Waals surface area contributed by atoms with Gasteiger partial charge in [0.1, 0.15) is 24.0 Å². The summed E-state index contributed by atoms with van der Waals surface area (Å²) in [6, 6.07) is 9.26. The van der Waals surface area contributed by atoms with Crippen molar-refractivity contribution in [2.75, 3.05) is 0 Å². The summed E-state index contributed by atoms with van der Waals surface area (Å²) < 4.78 is 5.07. The Morgan fingerprint density at radius 1 is 1.17 bits per heavy atom. The van der Waals surface area contributed by atoms with E-state index in [4.69, 9.17) is 0 Å². The first kappa shape index (κ1) is 22.5. The van der Waals surface area contributed by atoms with Crippen LogP contribution in [0, 0.1) is 18.3 Å². The lowest BCUT2D eigenvalue weighted by Crippen LogP contribution is -2.41. The van der Waals surface area contributed by atoms with Crippen molar-refractivity contribution in [3.63, 3.8) is 0 Å². The van der Waals surface area contributed by atoms with Crippen molar-refractivity contribution in [2.45, 2.75) is 13.5 Å². The van der Waals surface area contributed by atoms with Crippen LogP contribution in [0.15, 0.2) is 45.0 Å². The van der Waals surface area contributed by atoms with Crippen LogP contribution in [0.3, 0.4) is 0 Å². The van der Waals surface area contributed by atoms with Gasteiger partial charge < -0.3 is 9.99 Å². The number of amides is 1. The average molecular weight is 485 g/mol. The molecule has 4 heterocycles. The van der Waals surface area contributed by atoms with Gasteiger partial charge in [-0.3, -0.25) is 33.3 Å². The van der Waals surface area contributed by atoms with E-state index >= 15 is 0 Å². The number of pyridine rings is 1. The Kier molecular flexibility index (Phi) is 5.14. The van der Waals surface area contributed by atoms with Crippen LogP contribution >= 0.6 is 0 Å². The lowest BCUT2D eigenvalue weighted by Gasteiger charge is -2.09. The largest absolute Gasteiger partial charge is 0.332 e. The molecule has 13 heteroatoms. The van der Waals surface area contributed by atoms with Crippen LogP contribution in [0.1, 0.15) is 11.3 Å². The SMILES string of the molecule is Cc1c(C#N)n2c(nc3ccccc32)c(=O)c1=CNNC(=O)Cn1cnc2c(=O)n(C)c(=O)n(C)c21. The van der Waals surface area contributed by atoms with Crippen molar-refractivity contribution in [1.82, 2.24) is 38.9 Å². The molecule has 5 rings (SSSR count). The maximum atomic E-state index is 13.1. The molecule has 0 fully saturated rings. The summed E-state index contributed by atoms with van der Waals surface area (Å²) >= 11 is 0. The number of aromatic nitrogens is 6. The minimum absolute atomic E-state index is 0.0583. The van der Waals surface area contributed by atoms with Gasteiger partial charge in [-0.05, 0) is 24.6 Å². The molecule has 180 valence electrons. The van der Waals surface area contributed by atoms with Crippen molar-refractivity contribution in [3.8, 4) is 6.07 Å². The Morgan fingerprint density at radius 2 is 1.92 bits per heavy atom. The topological polar surface area (TPSA) is 161 Å². The van der Waals surface area contributed by atoms with E-state index in [2.05, 4.69) is 26.9 Å². The molecule has 0 bridgehead atoms. The minimum Gasteiger partial charge on any atom is -0.307 e. The van der Waals surface area contributed by atoms with E-state index in [1.165, 1.54) is 40.2 Å². The molecule has 5 aromatic rings. The quantitative estimate of drug-likeness (QED) is 0.292. The lowest BCUT2D eigenvalue weighted by molar-refractivity contribution is -0.122. The Balaban J connectivity index is 1.47. The van der Waals surface area contributed by atoms with Gasteiger partial charge >= 0.3 is 5.69 Å². The van der Waals surface area contributed by atoms with E-state index in [-0.39, 0.29) is 34.3 Å². The Hall–Kier alpha value is -5.25. The fraction of sp³-hybridized carbons (Fsp3) is 0.174. The predicted molar refractivity (Wildman–Crippen MR) is 130 cm³/mol. The minimum atomic E-state index is -0.562. The molecule has 0 aliphatic heterocycles. The highest BCUT2D eigenvalue weighted by molar-refractivity contribution is 5.82. The van der Waals surface area contributed by atoms with E-state index in [1.807, 2.05) is 0 Å². The number of nitrogens with one attached hydrogen (secondary N) is 2. The van der Waals surface area contributed by atoms with Crippen LogP contribution < -0.4 is 32.7 Å². The number of fused-ring (bicyclic) bond motifs is 4.